The first-order valence-electron chi connectivity index (χ1n) is 8.26. The molecule has 1 aromatic carbocycles. The van der Waals surface area contributed by atoms with Crippen molar-refractivity contribution in [2.75, 3.05) is 11.1 Å². The van der Waals surface area contributed by atoms with Gasteiger partial charge in [0.1, 0.15) is 0 Å². The number of carbonyl (C=O) groups excluding carboxylic acids is 2. The van der Waals surface area contributed by atoms with Gasteiger partial charge in [0.2, 0.25) is 6.41 Å². The highest BCUT2D eigenvalue weighted by Crippen LogP contribution is 2.31. The topological polar surface area (TPSA) is 120 Å². The molecule has 1 aliphatic heterocycles. The molecule has 0 saturated heterocycles. The summed E-state index contributed by atoms with van der Waals surface area (Å²) >= 11 is 1.69. The normalized spacial score (nSPS) is 15.8. The summed E-state index contributed by atoms with van der Waals surface area (Å²) in [5.41, 5.74) is 10.7. The summed E-state index contributed by atoms with van der Waals surface area (Å²) < 4.78 is 0. The van der Waals surface area contributed by atoms with Crippen LogP contribution in [0.3, 0.4) is 0 Å². The Morgan fingerprint density at radius 3 is 2.59 bits per heavy atom. The van der Waals surface area contributed by atoms with Crippen LogP contribution in [-0.2, 0) is 4.79 Å². The Bertz CT molecular complexity index is 888. The van der Waals surface area contributed by atoms with E-state index in [4.69, 9.17) is 11.1 Å². The van der Waals surface area contributed by atoms with Crippen molar-refractivity contribution in [3.05, 3.63) is 56.9 Å². The largest absolute Gasteiger partial charge is 0.398 e. The third-order valence-electron chi connectivity index (χ3n) is 4.23. The highest BCUT2D eigenvalue weighted by atomic mass is 32.1. The molecule has 0 aliphatic carbocycles. The minimum absolute atomic E-state index is 0.0405. The molecule has 2 aromatic rings. The molecular formula is C19H23N5O2S. The molecule has 1 aliphatic rings. The van der Waals surface area contributed by atoms with Crippen molar-refractivity contribution in [3.63, 3.8) is 0 Å². The van der Waals surface area contributed by atoms with Gasteiger partial charge in [-0.1, -0.05) is 0 Å². The van der Waals surface area contributed by atoms with Crippen LogP contribution in [0.15, 0.2) is 40.9 Å². The van der Waals surface area contributed by atoms with Crippen LogP contribution in [0.5, 0.6) is 0 Å². The quantitative estimate of drug-likeness (QED) is 0.314. The number of urea groups is 1. The molecule has 27 heavy (non-hydrogen) atoms. The van der Waals surface area contributed by atoms with Gasteiger partial charge in [-0.2, -0.15) is 0 Å². The van der Waals surface area contributed by atoms with E-state index in [0.29, 0.717) is 23.3 Å². The Morgan fingerprint density at radius 2 is 2.00 bits per heavy atom. The lowest BCUT2D eigenvalue weighted by molar-refractivity contribution is -0.105. The summed E-state index contributed by atoms with van der Waals surface area (Å²) in [5, 5.41) is 17.2. The molecule has 3 amide bonds. The molecule has 1 unspecified atom stereocenters. The molecule has 1 atom stereocenters. The minimum Gasteiger partial charge on any atom is -0.398 e. The maximum Gasteiger partial charge on any atom is 0.319 e. The molecule has 0 saturated carbocycles. The standard InChI is InChI=1S/C11H14N2OS.C8H9N3O/c1-6-4-5-15-10(6)9-7(2)8(3)12-11(14)13-9;9-4-6-3-7(11-5-12)1-2-8(6)10/h4-5,9H,1-3H3,(H2,12,13,14);1-5,9H,10H2,(H,11,12). The molecule has 3 rings (SSSR count). The van der Waals surface area contributed by atoms with Crippen molar-refractivity contribution in [1.29, 1.82) is 5.41 Å². The highest BCUT2D eigenvalue weighted by Gasteiger charge is 2.25. The second kappa shape index (κ2) is 9.00. The minimum atomic E-state index is -0.115. The van der Waals surface area contributed by atoms with Crippen LogP contribution in [0.4, 0.5) is 16.2 Å². The molecule has 2 heterocycles. The van der Waals surface area contributed by atoms with Crippen molar-refractivity contribution >= 4 is 41.4 Å². The van der Waals surface area contributed by atoms with E-state index in [0.717, 1.165) is 11.9 Å². The molecule has 1 aromatic heterocycles. The van der Waals surface area contributed by atoms with Gasteiger partial charge in [0.25, 0.3) is 0 Å². The first kappa shape index (κ1) is 20.2. The number of hydrogen-bond donors (Lipinski definition) is 5. The number of hydrogen-bond acceptors (Lipinski definition) is 5. The van der Waals surface area contributed by atoms with Crippen LogP contribution in [0.1, 0.15) is 35.9 Å². The Hall–Kier alpha value is -3.13. The number of allylic oxidation sites excluding steroid dienone is 1. The van der Waals surface area contributed by atoms with Gasteiger partial charge in [-0.25, -0.2) is 4.79 Å². The molecule has 7 nitrogen and oxygen atoms in total. The maximum absolute atomic E-state index is 11.4. The molecule has 8 heteroatoms. The zero-order chi connectivity index (χ0) is 20.0. The van der Waals surface area contributed by atoms with Crippen LogP contribution < -0.4 is 21.7 Å². The molecule has 0 fully saturated rings. The van der Waals surface area contributed by atoms with Crippen molar-refractivity contribution < 1.29 is 9.59 Å². The average Bonchev–Trinajstić information content (AvgIpc) is 3.06. The second-order valence-electron chi connectivity index (χ2n) is 6.06. The van der Waals surface area contributed by atoms with Crippen molar-refractivity contribution in [3.8, 4) is 0 Å². The van der Waals surface area contributed by atoms with E-state index in [9.17, 15) is 9.59 Å². The van der Waals surface area contributed by atoms with Crippen LogP contribution in [-0.4, -0.2) is 18.7 Å². The number of nitrogen functional groups attached to an aromatic ring is 1. The lowest BCUT2D eigenvalue weighted by Crippen LogP contribution is -2.42. The lowest BCUT2D eigenvalue weighted by atomic mass is 10.0. The summed E-state index contributed by atoms with van der Waals surface area (Å²) in [7, 11) is 0. The number of anilines is 2. The number of amides is 3. The number of nitrogens with one attached hydrogen (secondary N) is 4. The Labute approximate surface area is 162 Å². The van der Waals surface area contributed by atoms with Crippen molar-refractivity contribution in [1.82, 2.24) is 10.6 Å². The fourth-order valence-electron chi connectivity index (χ4n) is 2.56. The van der Waals surface area contributed by atoms with E-state index in [2.05, 4.69) is 34.3 Å². The molecule has 0 spiro atoms. The first-order chi connectivity index (χ1) is 12.9. The van der Waals surface area contributed by atoms with Crippen LogP contribution in [0.25, 0.3) is 0 Å². The predicted octanol–water partition coefficient (Wildman–Crippen LogP) is 3.54. The zero-order valence-electron chi connectivity index (χ0n) is 15.4. The van der Waals surface area contributed by atoms with Gasteiger partial charge in [-0.3, -0.25) is 4.79 Å². The SMILES string of the molecule is CC1=C(C)C(c2sccc2C)NC(=O)N1.N=Cc1cc(NC=O)ccc1N. The molecule has 6 N–H and O–H groups in total. The number of aryl methyl sites for hydroxylation is 1. The summed E-state index contributed by atoms with van der Waals surface area (Å²) in [4.78, 5) is 22.7. The van der Waals surface area contributed by atoms with Gasteiger partial charge < -0.3 is 27.1 Å². The Kier molecular flexibility index (Phi) is 6.73. The summed E-state index contributed by atoms with van der Waals surface area (Å²) in [5.74, 6) is 0. The number of carbonyl (C=O) groups is 2. The first-order valence-corrected chi connectivity index (χ1v) is 9.14. The number of rotatable bonds is 4. The third kappa shape index (κ3) is 4.95. The van der Waals surface area contributed by atoms with Gasteiger partial charge >= 0.3 is 6.03 Å². The number of nitrogens with two attached hydrogens (primary N) is 1. The van der Waals surface area contributed by atoms with Crippen LogP contribution >= 0.6 is 11.3 Å². The number of thiophene rings is 1. The fraction of sp³-hybridized carbons (Fsp3) is 0.211. The highest BCUT2D eigenvalue weighted by molar-refractivity contribution is 7.10. The number of benzene rings is 1. The molecule has 142 valence electrons. The lowest BCUT2D eigenvalue weighted by Gasteiger charge is -2.26. The van der Waals surface area contributed by atoms with Crippen LogP contribution in [0.2, 0.25) is 0 Å². The summed E-state index contributed by atoms with van der Waals surface area (Å²) in [6, 6.07) is 6.96. The van der Waals surface area contributed by atoms with E-state index in [-0.39, 0.29) is 12.1 Å². The van der Waals surface area contributed by atoms with E-state index < -0.39 is 0 Å². The van der Waals surface area contributed by atoms with Gasteiger partial charge in [0.05, 0.1) is 6.04 Å². The second-order valence-corrected chi connectivity index (χ2v) is 7.01. The summed E-state index contributed by atoms with van der Waals surface area (Å²) in [6.07, 6.45) is 1.73. The zero-order valence-corrected chi connectivity index (χ0v) is 16.2. The Balaban J connectivity index is 0.000000199. The van der Waals surface area contributed by atoms with Gasteiger partial charge in [-0.05, 0) is 61.6 Å². The molecule has 0 bridgehead atoms. The summed E-state index contributed by atoms with van der Waals surface area (Å²) in [6.45, 7) is 6.05. The van der Waals surface area contributed by atoms with Gasteiger partial charge in [0, 0.05) is 33.7 Å². The van der Waals surface area contributed by atoms with E-state index in [1.807, 2.05) is 13.8 Å². The van der Waals surface area contributed by atoms with Crippen molar-refractivity contribution in [2.24, 2.45) is 0 Å². The van der Waals surface area contributed by atoms with Gasteiger partial charge in [-0.15, -0.1) is 11.3 Å². The Morgan fingerprint density at radius 1 is 1.26 bits per heavy atom. The van der Waals surface area contributed by atoms with E-state index in [1.54, 1.807) is 29.5 Å². The predicted molar refractivity (Wildman–Crippen MR) is 110 cm³/mol. The molecular weight excluding hydrogens is 362 g/mol. The maximum atomic E-state index is 11.4. The van der Waals surface area contributed by atoms with Gasteiger partial charge in [0.15, 0.2) is 0 Å². The fourth-order valence-corrected chi connectivity index (χ4v) is 3.61. The van der Waals surface area contributed by atoms with Crippen LogP contribution in [0, 0.1) is 12.3 Å². The smallest absolute Gasteiger partial charge is 0.319 e. The average molecular weight is 385 g/mol. The van der Waals surface area contributed by atoms with Crippen molar-refractivity contribution in [2.45, 2.75) is 26.8 Å². The third-order valence-corrected chi connectivity index (χ3v) is 5.32. The van der Waals surface area contributed by atoms with E-state index >= 15 is 0 Å². The molecule has 0 radical (unpaired) electrons. The monoisotopic (exact) mass is 385 g/mol. The van der Waals surface area contributed by atoms with E-state index in [1.165, 1.54) is 16.0 Å².